The van der Waals surface area contributed by atoms with Crippen LogP contribution in [-0.2, 0) is 9.53 Å². The van der Waals surface area contributed by atoms with E-state index in [-0.39, 0.29) is 23.6 Å². The highest BCUT2D eigenvalue weighted by Gasteiger charge is 2.50. The second-order valence-corrected chi connectivity index (χ2v) is 6.13. The van der Waals surface area contributed by atoms with Gasteiger partial charge in [0.1, 0.15) is 6.10 Å². The lowest BCUT2D eigenvalue weighted by molar-refractivity contribution is -0.141. The average Bonchev–Trinajstić information content (AvgIpc) is 2.64. The highest BCUT2D eigenvalue weighted by molar-refractivity contribution is 5.73. The molecule has 3 aliphatic rings. The maximum absolute atomic E-state index is 11.5. The van der Waals surface area contributed by atoms with Crippen molar-refractivity contribution < 1.29 is 14.6 Å². The van der Waals surface area contributed by atoms with E-state index >= 15 is 0 Å². The van der Waals surface area contributed by atoms with Crippen LogP contribution >= 0.6 is 0 Å². The van der Waals surface area contributed by atoms with Gasteiger partial charge >= 0.3 is 5.97 Å². The molecule has 0 aromatic heterocycles. The lowest BCUT2D eigenvalue weighted by Gasteiger charge is -2.46. The third kappa shape index (κ3) is 1.55. The van der Waals surface area contributed by atoms with E-state index in [1.165, 1.54) is 5.57 Å². The zero-order valence-corrected chi connectivity index (χ0v) is 10.5. The molecule has 3 nitrogen and oxygen atoms in total. The number of rotatable bonds is 0. The summed E-state index contributed by atoms with van der Waals surface area (Å²) in [5.74, 6) is 0.287. The van der Waals surface area contributed by atoms with Gasteiger partial charge in [-0.3, -0.25) is 4.79 Å². The van der Waals surface area contributed by atoms with Crippen molar-refractivity contribution >= 4 is 5.97 Å². The summed E-state index contributed by atoms with van der Waals surface area (Å²) in [6, 6.07) is 0. The lowest BCUT2D eigenvalue weighted by Crippen LogP contribution is -2.42. The van der Waals surface area contributed by atoms with Crippen molar-refractivity contribution in [1.82, 2.24) is 0 Å². The minimum atomic E-state index is -0.337. The second-order valence-electron chi connectivity index (χ2n) is 6.13. The van der Waals surface area contributed by atoms with Crippen LogP contribution < -0.4 is 0 Å². The van der Waals surface area contributed by atoms with Gasteiger partial charge in [-0.25, -0.2) is 0 Å². The Kier molecular flexibility index (Phi) is 2.37. The molecule has 1 heterocycles. The molecule has 2 fully saturated rings. The predicted molar refractivity (Wildman–Crippen MR) is 63.3 cm³/mol. The Labute approximate surface area is 102 Å². The number of hydrogen-bond donors (Lipinski definition) is 1. The summed E-state index contributed by atoms with van der Waals surface area (Å²) >= 11 is 0. The minimum absolute atomic E-state index is 0.0452. The molecule has 0 aromatic rings. The first-order valence-corrected chi connectivity index (χ1v) is 6.60. The number of hydrogen-bond acceptors (Lipinski definition) is 3. The molecule has 3 rings (SSSR count). The Balaban J connectivity index is 2.05. The molecule has 4 atom stereocenters. The number of aliphatic hydroxyl groups is 1. The van der Waals surface area contributed by atoms with Gasteiger partial charge in [0.15, 0.2) is 0 Å². The molecular formula is C14H20O3. The SMILES string of the molecule is CC1=C2[C@H]3OC(=O)C[C@@H]3CC[C@@]2(C)CC[C@@H]1O. The zero-order chi connectivity index (χ0) is 12.2. The molecule has 0 spiro atoms. The number of esters is 1. The lowest BCUT2D eigenvalue weighted by atomic mass is 9.60. The Bertz CT molecular complexity index is 398. The van der Waals surface area contributed by atoms with Crippen molar-refractivity contribution in [3.63, 3.8) is 0 Å². The number of carbonyl (C=O) groups excluding carboxylic acids is 1. The first-order valence-electron chi connectivity index (χ1n) is 6.60. The Morgan fingerprint density at radius 1 is 1.35 bits per heavy atom. The number of aliphatic hydroxyl groups excluding tert-OH is 1. The zero-order valence-electron chi connectivity index (χ0n) is 10.5. The molecule has 2 aliphatic carbocycles. The van der Waals surface area contributed by atoms with Crippen molar-refractivity contribution in [3.8, 4) is 0 Å². The standard InChI is InChI=1S/C14H20O3/c1-8-10(15)4-6-14(2)5-3-9-7-11(16)17-13(9)12(8)14/h9-10,13,15H,3-7H2,1-2H3/t9-,10-,13-,14-/m0/s1. The summed E-state index contributed by atoms with van der Waals surface area (Å²) in [5, 5.41) is 10.0. The first kappa shape index (κ1) is 11.3. The minimum Gasteiger partial charge on any atom is -0.457 e. The highest BCUT2D eigenvalue weighted by Crippen LogP contribution is 2.54. The average molecular weight is 236 g/mol. The van der Waals surface area contributed by atoms with Gasteiger partial charge in [0.05, 0.1) is 12.5 Å². The van der Waals surface area contributed by atoms with Crippen LogP contribution in [0.2, 0.25) is 0 Å². The molecule has 0 aromatic carbocycles. The molecule has 1 aliphatic heterocycles. The highest BCUT2D eigenvalue weighted by atomic mass is 16.6. The van der Waals surface area contributed by atoms with E-state index in [9.17, 15) is 9.90 Å². The van der Waals surface area contributed by atoms with E-state index < -0.39 is 0 Å². The van der Waals surface area contributed by atoms with Crippen molar-refractivity contribution in [2.45, 2.75) is 58.2 Å². The number of ether oxygens (including phenoxy) is 1. The maximum atomic E-state index is 11.5. The van der Waals surface area contributed by atoms with E-state index in [1.54, 1.807) is 0 Å². The normalized spacial score (nSPS) is 45.4. The van der Waals surface area contributed by atoms with Crippen LogP contribution in [0.5, 0.6) is 0 Å². The van der Waals surface area contributed by atoms with Gasteiger partial charge in [0.25, 0.3) is 0 Å². The summed E-state index contributed by atoms with van der Waals surface area (Å²) in [4.78, 5) is 11.5. The molecular weight excluding hydrogens is 216 g/mol. The van der Waals surface area contributed by atoms with Gasteiger partial charge in [0, 0.05) is 5.92 Å². The fourth-order valence-corrected chi connectivity index (χ4v) is 3.95. The van der Waals surface area contributed by atoms with Crippen LogP contribution in [0.1, 0.15) is 46.0 Å². The number of fused-ring (bicyclic) bond motifs is 3. The van der Waals surface area contributed by atoms with E-state index in [4.69, 9.17) is 4.74 Å². The summed E-state index contributed by atoms with van der Waals surface area (Å²) in [7, 11) is 0. The molecule has 1 saturated carbocycles. The summed E-state index contributed by atoms with van der Waals surface area (Å²) in [6.45, 7) is 4.27. The summed E-state index contributed by atoms with van der Waals surface area (Å²) < 4.78 is 5.51. The summed E-state index contributed by atoms with van der Waals surface area (Å²) in [5.41, 5.74) is 2.44. The van der Waals surface area contributed by atoms with Crippen molar-refractivity contribution in [3.05, 3.63) is 11.1 Å². The summed E-state index contributed by atoms with van der Waals surface area (Å²) in [6.07, 6.45) is 4.25. The molecule has 0 unspecified atom stereocenters. The molecule has 1 N–H and O–H groups in total. The van der Waals surface area contributed by atoms with Gasteiger partial charge in [-0.05, 0) is 49.2 Å². The van der Waals surface area contributed by atoms with Gasteiger partial charge in [-0.2, -0.15) is 0 Å². The molecule has 3 heteroatoms. The van der Waals surface area contributed by atoms with Gasteiger partial charge in [-0.15, -0.1) is 0 Å². The van der Waals surface area contributed by atoms with Crippen LogP contribution in [0.15, 0.2) is 11.1 Å². The molecule has 0 radical (unpaired) electrons. The molecule has 1 saturated heterocycles. The smallest absolute Gasteiger partial charge is 0.306 e. The number of carbonyl (C=O) groups is 1. The third-order valence-corrected chi connectivity index (χ3v) is 5.01. The van der Waals surface area contributed by atoms with Crippen LogP contribution in [0.25, 0.3) is 0 Å². The fraction of sp³-hybridized carbons (Fsp3) is 0.786. The Morgan fingerprint density at radius 3 is 2.82 bits per heavy atom. The fourth-order valence-electron chi connectivity index (χ4n) is 3.95. The first-order chi connectivity index (χ1) is 8.01. The van der Waals surface area contributed by atoms with E-state index in [0.29, 0.717) is 12.3 Å². The Hall–Kier alpha value is -0.830. The topological polar surface area (TPSA) is 46.5 Å². The van der Waals surface area contributed by atoms with E-state index in [1.807, 2.05) is 6.92 Å². The van der Waals surface area contributed by atoms with Gasteiger partial charge in [0.2, 0.25) is 0 Å². The molecule has 0 amide bonds. The van der Waals surface area contributed by atoms with E-state index in [2.05, 4.69) is 6.92 Å². The van der Waals surface area contributed by atoms with Crippen molar-refractivity contribution in [2.24, 2.45) is 11.3 Å². The predicted octanol–water partition coefficient (Wildman–Crippen LogP) is 2.19. The van der Waals surface area contributed by atoms with Crippen molar-refractivity contribution in [2.75, 3.05) is 0 Å². The van der Waals surface area contributed by atoms with Crippen LogP contribution in [0, 0.1) is 11.3 Å². The van der Waals surface area contributed by atoms with Gasteiger partial charge in [-0.1, -0.05) is 6.92 Å². The molecule has 94 valence electrons. The second kappa shape index (κ2) is 3.58. The van der Waals surface area contributed by atoms with Crippen LogP contribution in [0.3, 0.4) is 0 Å². The quantitative estimate of drug-likeness (QED) is 0.518. The molecule has 17 heavy (non-hydrogen) atoms. The van der Waals surface area contributed by atoms with E-state index in [0.717, 1.165) is 31.3 Å². The van der Waals surface area contributed by atoms with Crippen LogP contribution in [0.4, 0.5) is 0 Å². The third-order valence-electron chi connectivity index (χ3n) is 5.01. The maximum Gasteiger partial charge on any atom is 0.306 e. The van der Waals surface area contributed by atoms with Crippen LogP contribution in [-0.4, -0.2) is 23.3 Å². The van der Waals surface area contributed by atoms with Crippen molar-refractivity contribution in [1.29, 1.82) is 0 Å². The largest absolute Gasteiger partial charge is 0.457 e. The molecule has 0 bridgehead atoms. The Morgan fingerprint density at radius 2 is 2.06 bits per heavy atom. The van der Waals surface area contributed by atoms with Gasteiger partial charge < -0.3 is 9.84 Å². The monoisotopic (exact) mass is 236 g/mol.